The second-order valence-electron chi connectivity index (χ2n) is 7.86. The molecular formula is C27H24FNO3. The zero-order valence-corrected chi connectivity index (χ0v) is 17.6. The average Bonchev–Trinajstić information content (AvgIpc) is 3.08. The normalized spacial score (nSPS) is 16.0. The van der Waals surface area contributed by atoms with Crippen LogP contribution in [0.2, 0.25) is 0 Å². The summed E-state index contributed by atoms with van der Waals surface area (Å²) in [5, 5.41) is 10.7. The number of halogens is 1. The maximum atomic E-state index is 13.2. The van der Waals surface area contributed by atoms with Gasteiger partial charge in [0.2, 0.25) is 0 Å². The molecular weight excluding hydrogens is 405 g/mol. The number of ketones is 1. The van der Waals surface area contributed by atoms with Gasteiger partial charge in [-0.2, -0.15) is 0 Å². The van der Waals surface area contributed by atoms with Crippen LogP contribution in [0.3, 0.4) is 0 Å². The van der Waals surface area contributed by atoms with Gasteiger partial charge in [-0.05, 0) is 41.7 Å². The molecule has 0 saturated heterocycles. The number of carbonyl (C=O) groups excluding carboxylic acids is 2. The van der Waals surface area contributed by atoms with E-state index in [0.717, 1.165) is 16.7 Å². The van der Waals surface area contributed by atoms with Crippen LogP contribution in [0.25, 0.3) is 0 Å². The molecule has 3 aromatic rings. The molecule has 0 aliphatic carbocycles. The molecule has 3 aromatic carbocycles. The van der Waals surface area contributed by atoms with Crippen molar-refractivity contribution in [3.63, 3.8) is 0 Å². The minimum absolute atomic E-state index is 0.149. The molecule has 1 unspecified atom stereocenters. The van der Waals surface area contributed by atoms with Crippen molar-refractivity contribution < 1.29 is 19.1 Å². The van der Waals surface area contributed by atoms with Crippen LogP contribution in [0.5, 0.6) is 0 Å². The molecule has 1 aliphatic rings. The molecule has 0 fully saturated rings. The van der Waals surface area contributed by atoms with Gasteiger partial charge >= 0.3 is 0 Å². The fraction of sp³-hybridized carbons (Fsp3) is 0.185. The van der Waals surface area contributed by atoms with Gasteiger partial charge in [-0.3, -0.25) is 9.59 Å². The summed E-state index contributed by atoms with van der Waals surface area (Å²) in [6, 6.07) is 24.4. The Balaban J connectivity index is 1.58. The minimum Gasteiger partial charge on any atom is -0.503 e. The first-order valence-electron chi connectivity index (χ1n) is 10.6. The predicted octanol–water partition coefficient (Wildman–Crippen LogP) is 4.97. The third-order valence-corrected chi connectivity index (χ3v) is 5.76. The van der Waals surface area contributed by atoms with Crippen molar-refractivity contribution in [1.29, 1.82) is 0 Å². The Morgan fingerprint density at radius 2 is 1.44 bits per heavy atom. The zero-order valence-electron chi connectivity index (χ0n) is 17.6. The summed E-state index contributed by atoms with van der Waals surface area (Å²) in [7, 11) is 0. The molecule has 32 heavy (non-hydrogen) atoms. The Labute approximate surface area is 186 Å². The Morgan fingerprint density at radius 3 is 2.09 bits per heavy atom. The lowest BCUT2D eigenvalue weighted by Crippen LogP contribution is -2.33. The number of Topliss-reactive ketones (excluding diaryl/α,β-unsaturated/α-hetero) is 1. The molecule has 162 valence electrons. The van der Waals surface area contributed by atoms with E-state index in [0.29, 0.717) is 19.4 Å². The van der Waals surface area contributed by atoms with E-state index in [1.165, 1.54) is 17.0 Å². The van der Waals surface area contributed by atoms with Gasteiger partial charge in [-0.15, -0.1) is 0 Å². The summed E-state index contributed by atoms with van der Waals surface area (Å²) in [6.07, 6.45) is 1.21. The van der Waals surface area contributed by atoms with Crippen LogP contribution in [0.1, 0.15) is 29.2 Å². The minimum atomic E-state index is -0.646. The number of hydrogen-bond donors (Lipinski definition) is 1. The van der Waals surface area contributed by atoms with Crippen LogP contribution in [-0.2, 0) is 22.4 Å². The number of amides is 1. The molecule has 1 amide bonds. The largest absolute Gasteiger partial charge is 0.503 e. The number of hydrogen-bond acceptors (Lipinski definition) is 3. The fourth-order valence-corrected chi connectivity index (χ4v) is 4.09. The van der Waals surface area contributed by atoms with E-state index in [-0.39, 0.29) is 23.6 Å². The van der Waals surface area contributed by atoms with E-state index in [1.54, 1.807) is 12.1 Å². The quantitative estimate of drug-likeness (QED) is 0.550. The molecule has 0 saturated carbocycles. The monoisotopic (exact) mass is 429 g/mol. The van der Waals surface area contributed by atoms with Gasteiger partial charge in [0.1, 0.15) is 5.82 Å². The molecule has 4 rings (SSSR count). The van der Waals surface area contributed by atoms with E-state index in [1.807, 2.05) is 60.7 Å². The van der Waals surface area contributed by atoms with Crippen molar-refractivity contribution >= 4 is 11.7 Å². The first-order chi connectivity index (χ1) is 15.5. The summed E-state index contributed by atoms with van der Waals surface area (Å²) >= 11 is 0. The van der Waals surface area contributed by atoms with Crippen molar-refractivity contribution in [3.05, 3.63) is 119 Å². The van der Waals surface area contributed by atoms with E-state index in [9.17, 15) is 19.1 Å². The van der Waals surface area contributed by atoms with Gasteiger partial charge in [-0.1, -0.05) is 72.8 Å². The van der Waals surface area contributed by atoms with Crippen LogP contribution in [0.15, 0.2) is 96.3 Å². The topological polar surface area (TPSA) is 57.6 Å². The Hall–Kier alpha value is -3.73. The highest BCUT2D eigenvalue weighted by Crippen LogP contribution is 2.38. The highest BCUT2D eigenvalue weighted by Gasteiger charge is 2.42. The summed E-state index contributed by atoms with van der Waals surface area (Å²) < 4.78 is 13.2. The van der Waals surface area contributed by atoms with Gasteiger partial charge < -0.3 is 10.0 Å². The molecule has 0 radical (unpaired) electrons. The lowest BCUT2D eigenvalue weighted by Gasteiger charge is -2.27. The van der Waals surface area contributed by atoms with Crippen LogP contribution in [-0.4, -0.2) is 28.2 Å². The van der Waals surface area contributed by atoms with Gasteiger partial charge in [-0.25, -0.2) is 4.39 Å². The zero-order chi connectivity index (χ0) is 22.5. The van der Waals surface area contributed by atoms with Gasteiger partial charge in [0.15, 0.2) is 11.5 Å². The van der Waals surface area contributed by atoms with E-state index < -0.39 is 17.7 Å². The number of rotatable bonds is 8. The standard InChI is InChI=1S/C27H24FNO3/c28-22-14-11-20(12-15-22)17-18-29-25(21-9-5-2-6-10-21)24(26(31)27(29)32)23(30)16-13-19-7-3-1-4-8-19/h1-12,14-15,25,31H,13,16-18H2. The Bertz CT molecular complexity index is 1120. The fourth-order valence-electron chi connectivity index (χ4n) is 4.09. The molecule has 1 atom stereocenters. The third kappa shape index (κ3) is 4.62. The summed E-state index contributed by atoms with van der Waals surface area (Å²) in [4.78, 5) is 27.7. The highest BCUT2D eigenvalue weighted by molar-refractivity contribution is 6.09. The molecule has 5 heteroatoms. The molecule has 0 bridgehead atoms. The summed E-state index contributed by atoms with van der Waals surface area (Å²) in [5.41, 5.74) is 2.81. The molecule has 1 N–H and O–H groups in total. The number of aliphatic hydroxyl groups excluding tert-OH is 1. The van der Waals surface area contributed by atoms with Crippen LogP contribution >= 0.6 is 0 Å². The Morgan fingerprint density at radius 1 is 0.844 bits per heavy atom. The number of benzene rings is 3. The van der Waals surface area contributed by atoms with E-state index in [2.05, 4.69) is 0 Å². The first-order valence-corrected chi connectivity index (χ1v) is 10.6. The van der Waals surface area contributed by atoms with Crippen LogP contribution in [0, 0.1) is 5.82 Å². The average molecular weight is 429 g/mol. The first kappa shape index (κ1) is 21.5. The van der Waals surface area contributed by atoms with Crippen molar-refractivity contribution in [2.24, 2.45) is 0 Å². The lowest BCUT2D eigenvalue weighted by molar-refractivity contribution is -0.129. The molecule has 1 heterocycles. The predicted molar refractivity (Wildman–Crippen MR) is 120 cm³/mol. The van der Waals surface area contributed by atoms with Crippen molar-refractivity contribution in [2.45, 2.75) is 25.3 Å². The SMILES string of the molecule is O=C(CCc1ccccc1)C1=C(O)C(=O)N(CCc2ccc(F)cc2)C1c1ccccc1. The highest BCUT2D eigenvalue weighted by atomic mass is 19.1. The summed E-state index contributed by atoms with van der Waals surface area (Å²) in [6.45, 7) is 0.295. The van der Waals surface area contributed by atoms with Crippen LogP contribution in [0.4, 0.5) is 4.39 Å². The number of carbonyl (C=O) groups is 2. The second-order valence-corrected chi connectivity index (χ2v) is 7.86. The number of aryl methyl sites for hydroxylation is 1. The van der Waals surface area contributed by atoms with Crippen molar-refractivity contribution in [1.82, 2.24) is 4.90 Å². The maximum absolute atomic E-state index is 13.2. The van der Waals surface area contributed by atoms with E-state index >= 15 is 0 Å². The molecule has 4 nitrogen and oxygen atoms in total. The van der Waals surface area contributed by atoms with Crippen molar-refractivity contribution in [3.8, 4) is 0 Å². The molecule has 0 spiro atoms. The molecule has 0 aromatic heterocycles. The number of aliphatic hydroxyl groups is 1. The summed E-state index contributed by atoms with van der Waals surface area (Å²) in [5.74, 6) is -1.59. The third-order valence-electron chi connectivity index (χ3n) is 5.76. The van der Waals surface area contributed by atoms with Crippen LogP contribution < -0.4 is 0 Å². The molecule has 1 aliphatic heterocycles. The second kappa shape index (κ2) is 9.60. The lowest BCUT2D eigenvalue weighted by atomic mass is 9.93. The van der Waals surface area contributed by atoms with Gasteiger partial charge in [0, 0.05) is 13.0 Å². The van der Waals surface area contributed by atoms with E-state index in [4.69, 9.17) is 0 Å². The number of nitrogens with zero attached hydrogens (tertiary/aromatic N) is 1. The van der Waals surface area contributed by atoms with Crippen molar-refractivity contribution in [2.75, 3.05) is 6.54 Å². The van der Waals surface area contributed by atoms with Gasteiger partial charge in [0.05, 0.1) is 11.6 Å². The smallest absolute Gasteiger partial charge is 0.290 e. The van der Waals surface area contributed by atoms with Gasteiger partial charge in [0.25, 0.3) is 5.91 Å². The maximum Gasteiger partial charge on any atom is 0.290 e. The Kier molecular flexibility index (Phi) is 6.45.